The van der Waals surface area contributed by atoms with Gasteiger partial charge in [0.2, 0.25) is 0 Å². The van der Waals surface area contributed by atoms with E-state index in [9.17, 15) is 0 Å². The molecule has 5 nitrogen and oxygen atoms in total. The Hall–Kier alpha value is -0.950. The molecule has 1 rings (SSSR count). The van der Waals surface area contributed by atoms with Crippen LogP contribution in [0.5, 0.6) is 0 Å². The summed E-state index contributed by atoms with van der Waals surface area (Å²) in [6.07, 6.45) is 49.2. The van der Waals surface area contributed by atoms with Gasteiger partial charge in [0.15, 0.2) is 0 Å². The van der Waals surface area contributed by atoms with Crippen molar-refractivity contribution in [3.63, 3.8) is 0 Å². The molecule has 1 aliphatic heterocycles. The Morgan fingerprint density at radius 3 is 1.46 bits per heavy atom. The highest BCUT2D eigenvalue weighted by molar-refractivity contribution is 7.80. The molecule has 1 unspecified atom stereocenters. The SMILES string of the molecule is CCCCCCCC/C=C\CCCCCCCCOCC(COC(=S)NCCN1CCCC1)OCCCCCCCC/C=C\CCCCCCCC. The molecule has 1 N–H and O–H groups in total. The Kier molecular flexibility index (Phi) is 38.9. The molecule has 1 heterocycles. The summed E-state index contributed by atoms with van der Waals surface area (Å²) < 4.78 is 18.3. The van der Waals surface area contributed by atoms with E-state index < -0.39 is 0 Å². The molecule has 6 heteroatoms. The van der Waals surface area contributed by atoms with Gasteiger partial charge in [0, 0.05) is 26.3 Å². The van der Waals surface area contributed by atoms with Crippen LogP contribution in [0.3, 0.4) is 0 Å². The topological polar surface area (TPSA) is 43.0 Å². The van der Waals surface area contributed by atoms with E-state index in [0.717, 1.165) is 39.1 Å². The highest BCUT2D eigenvalue weighted by atomic mass is 32.1. The molecule has 0 spiro atoms. The normalized spacial score (nSPS) is 14.3. The van der Waals surface area contributed by atoms with E-state index in [-0.39, 0.29) is 6.10 Å². The zero-order valence-electron chi connectivity index (χ0n) is 34.8. The van der Waals surface area contributed by atoms with E-state index in [4.69, 9.17) is 26.4 Å². The molecule has 1 fully saturated rings. The van der Waals surface area contributed by atoms with Gasteiger partial charge in [-0.1, -0.05) is 154 Å². The molecule has 52 heavy (non-hydrogen) atoms. The number of hydrogen-bond donors (Lipinski definition) is 1. The van der Waals surface area contributed by atoms with Crippen molar-refractivity contribution in [1.82, 2.24) is 10.2 Å². The lowest BCUT2D eigenvalue weighted by atomic mass is 10.1. The molecule has 1 saturated heterocycles. The number of thiocarbonyl (C=S) groups is 1. The van der Waals surface area contributed by atoms with Crippen LogP contribution >= 0.6 is 12.2 Å². The van der Waals surface area contributed by atoms with Crippen molar-refractivity contribution >= 4 is 17.4 Å². The first-order chi connectivity index (χ1) is 25.8. The van der Waals surface area contributed by atoms with E-state index in [1.165, 1.54) is 193 Å². The quantitative estimate of drug-likeness (QED) is 0.0382. The van der Waals surface area contributed by atoms with Crippen LogP contribution in [0.4, 0.5) is 0 Å². The molecule has 306 valence electrons. The summed E-state index contributed by atoms with van der Waals surface area (Å²) in [6.45, 7) is 11.4. The molecule has 0 aromatic carbocycles. The van der Waals surface area contributed by atoms with Crippen molar-refractivity contribution in [2.24, 2.45) is 0 Å². The van der Waals surface area contributed by atoms with Crippen molar-refractivity contribution in [1.29, 1.82) is 0 Å². The van der Waals surface area contributed by atoms with E-state index >= 15 is 0 Å². The van der Waals surface area contributed by atoms with Crippen LogP contribution in [0.15, 0.2) is 24.3 Å². The van der Waals surface area contributed by atoms with Gasteiger partial charge in [0.05, 0.1) is 6.61 Å². The molecular formula is C46H88N2O3S. The number of rotatable bonds is 40. The summed E-state index contributed by atoms with van der Waals surface area (Å²) in [5.41, 5.74) is 0. The Morgan fingerprint density at radius 1 is 0.558 bits per heavy atom. The summed E-state index contributed by atoms with van der Waals surface area (Å²) in [4.78, 5) is 2.49. The fourth-order valence-electron chi connectivity index (χ4n) is 6.95. The van der Waals surface area contributed by atoms with Gasteiger partial charge in [0.1, 0.15) is 12.7 Å². The van der Waals surface area contributed by atoms with Crippen LogP contribution < -0.4 is 5.32 Å². The largest absolute Gasteiger partial charge is 0.468 e. The van der Waals surface area contributed by atoms with Crippen molar-refractivity contribution in [3.05, 3.63) is 24.3 Å². The molecule has 1 aliphatic rings. The summed E-state index contributed by atoms with van der Waals surface area (Å²) >= 11 is 5.47. The number of allylic oxidation sites excluding steroid dienone is 4. The molecule has 0 aromatic heterocycles. The average Bonchev–Trinajstić information content (AvgIpc) is 3.68. The predicted octanol–water partition coefficient (Wildman–Crippen LogP) is 13.5. The number of ether oxygens (including phenoxy) is 3. The Morgan fingerprint density at radius 2 is 0.981 bits per heavy atom. The number of nitrogens with zero attached hydrogens (tertiary/aromatic N) is 1. The van der Waals surface area contributed by atoms with Gasteiger partial charge >= 0.3 is 0 Å². The van der Waals surface area contributed by atoms with Gasteiger partial charge in [-0.05, 0) is 102 Å². The van der Waals surface area contributed by atoms with Crippen LogP contribution in [-0.2, 0) is 14.2 Å². The molecule has 0 aliphatic carbocycles. The number of unbranched alkanes of at least 4 members (excludes halogenated alkanes) is 24. The second-order valence-electron chi connectivity index (χ2n) is 15.5. The minimum atomic E-state index is -0.0735. The Bertz CT molecular complexity index is 786. The third-order valence-electron chi connectivity index (χ3n) is 10.4. The Labute approximate surface area is 330 Å². The fraction of sp³-hybridized carbons (Fsp3) is 0.891. The van der Waals surface area contributed by atoms with Gasteiger partial charge < -0.3 is 24.4 Å². The van der Waals surface area contributed by atoms with Crippen molar-refractivity contribution in [2.45, 2.75) is 213 Å². The highest BCUT2D eigenvalue weighted by Crippen LogP contribution is 2.13. The predicted molar refractivity (Wildman–Crippen MR) is 232 cm³/mol. The van der Waals surface area contributed by atoms with E-state index in [0.29, 0.717) is 18.4 Å². The zero-order valence-corrected chi connectivity index (χ0v) is 35.7. The molecule has 0 radical (unpaired) electrons. The standard InChI is InChI=1S/C46H88N2O3S/c1-3-5-7-9-11-13-15-17-19-21-23-25-27-29-31-35-41-49-43-45(44-51-46(52)47-37-40-48-38-33-34-39-48)50-42-36-32-30-28-26-24-22-20-18-16-14-12-10-8-6-4-2/h17-20,45H,3-16,21-44H2,1-2H3,(H,47,52)/b19-17-,20-18-. The maximum atomic E-state index is 6.27. The number of hydrogen-bond acceptors (Lipinski definition) is 5. The van der Waals surface area contributed by atoms with Gasteiger partial charge in [-0.2, -0.15) is 0 Å². The van der Waals surface area contributed by atoms with E-state index in [1.54, 1.807) is 0 Å². The van der Waals surface area contributed by atoms with Gasteiger partial charge in [-0.25, -0.2) is 0 Å². The first kappa shape index (κ1) is 49.1. The minimum Gasteiger partial charge on any atom is -0.468 e. The zero-order chi connectivity index (χ0) is 37.3. The van der Waals surface area contributed by atoms with Crippen molar-refractivity contribution < 1.29 is 14.2 Å². The smallest absolute Gasteiger partial charge is 0.256 e. The molecular weight excluding hydrogens is 661 g/mol. The summed E-state index contributed by atoms with van der Waals surface area (Å²) in [5.74, 6) is 0. The summed E-state index contributed by atoms with van der Waals surface area (Å²) in [7, 11) is 0. The van der Waals surface area contributed by atoms with Crippen LogP contribution in [-0.4, -0.2) is 68.8 Å². The lowest BCUT2D eigenvalue weighted by molar-refractivity contribution is -0.0412. The average molecular weight is 749 g/mol. The van der Waals surface area contributed by atoms with Crippen molar-refractivity contribution in [2.75, 3.05) is 52.6 Å². The molecule has 0 aromatic rings. The first-order valence-electron chi connectivity index (χ1n) is 22.9. The van der Waals surface area contributed by atoms with Crippen molar-refractivity contribution in [3.8, 4) is 0 Å². The van der Waals surface area contributed by atoms with Crippen LogP contribution in [0.1, 0.15) is 206 Å². The van der Waals surface area contributed by atoms with Gasteiger partial charge in [-0.15, -0.1) is 0 Å². The second-order valence-corrected chi connectivity index (χ2v) is 15.9. The molecule has 0 saturated carbocycles. The van der Waals surface area contributed by atoms with Gasteiger partial charge in [-0.3, -0.25) is 0 Å². The van der Waals surface area contributed by atoms with Crippen LogP contribution in [0.2, 0.25) is 0 Å². The highest BCUT2D eigenvalue weighted by Gasteiger charge is 2.13. The summed E-state index contributed by atoms with van der Waals surface area (Å²) in [6, 6.07) is 0. The third-order valence-corrected chi connectivity index (χ3v) is 10.7. The van der Waals surface area contributed by atoms with Gasteiger partial charge in [0.25, 0.3) is 5.17 Å². The summed E-state index contributed by atoms with van der Waals surface area (Å²) in [5, 5.41) is 3.77. The van der Waals surface area contributed by atoms with E-state index in [1.807, 2.05) is 0 Å². The maximum Gasteiger partial charge on any atom is 0.256 e. The number of nitrogens with one attached hydrogen (secondary N) is 1. The van der Waals surface area contributed by atoms with Crippen LogP contribution in [0, 0.1) is 0 Å². The number of likely N-dealkylation sites (tertiary alicyclic amines) is 1. The lowest BCUT2D eigenvalue weighted by Gasteiger charge is -2.20. The second kappa shape index (κ2) is 41.2. The lowest BCUT2D eigenvalue weighted by Crippen LogP contribution is -2.36. The molecule has 0 amide bonds. The molecule has 0 bridgehead atoms. The van der Waals surface area contributed by atoms with Crippen LogP contribution in [0.25, 0.3) is 0 Å². The maximum absolute atomic E-state index is 6.27. The fourth-order valence-corrected chi connectivity index (χ4v) is 7.12. The minimum absolute atomic E-state index is 0.0735. The molecule has 1 atom stereocenters. The monoisotopic (exact) mass is 749 g/mol. The Balaban J connectivity index is 2.10. The third kappa shape index (κ3) is 36.0. The van der Waals surface area contributed by atoms with E-state index in [2.05, 4.69) is 48.4 Å². The first-order valence-corrected chi connectivity index (χ1v) is 23.3.